The summed E-state index contributed by atoms with van der Waals surface area (Å²) in [5, 5.41) is 9.23. The zero-order valence-corrected chi connectivity index (χ0v) is 7.95. The summed E-state index contributed by atoms with van der Waals surface area (Å²) in [4.78, 5) is 11.3. The molecule has 0 fully saturated rings. The first-order valence-corrected chi connectivity index (χ1v) is 4.21. The van der Waals surface area contributed by atoms with E-state index < -0.39 is 23.1 Å². The summed E-state index contributed by atoms with van der Waals surface area (Å²) in [6.45, 7) is 3.30. The second kappa shape index (κ2) is 4.09. The first-order chi connectivity index (χ1) is 6.52. The van der Waals surface area contributed by atoms with Gasteiger partial charge < -0.3 is 9.84 Å². The number of halogens is 1. The Hall–Kier alpha value is -1.58. The Morgan fingerprint density at radius 3 is 2.64 bits per heavy atom. The predicted octanol–water partition coefficient (Wildman–Crippen LogP) is 2.10. The quantitative estimate of drug-likeness (QED) is 0.740. The minimum Gasteiger partial charge on any atom is -0.507 e. The van der Waals surface area contributed by atoms with Crippen molar-refractivity contribution in [1.29, 1.82) is 0 Å². The molecule has 0 unspecified atom stereocenters. The summed E-state index contributed by atoms with van der Waals surface area (Å²) in [7, 11) is 0. The number of phenolic OH excluding ortho intramolecular Hbond substituents is 1. The molecular formula is C10H11FO3. The smallest absolute Gasteiger partial charge is 0.345 e. The zero-order valence-electron chi connectivity index (χ0n) is 7.95. The largest absolute Gasteiger partial charge is 0.507 e. The molecule has 0 aromatic heterocycles. The lowest BCUT2D eigenvalue weighted by molar-refractivity contribution is 0.0369. The van der Waals surface area contributed by atoms with Gasteiger partial charge in [0, 0.05) is 0 Å². The van der Waals surface area contributed by atoms with Gasteiger partial charge in [-0.3, -0.25) is 0 Å². The summed E-state index contributed by atoms with van der Waals surface area (Å²) in [6, 6.07) is 3.65. The molecule has 4 heteroatoms. The molecule has 0 radical (unpaired) electrons. The molecule has 1 N–H and O–H groups in total. The maximum absolute atomic E-state index is 13.1. The van der Waals surface area contributed by atoms with E-state index in [0.29, 0.717) is 0 Å². The first kappa shape index (κ1) is 10.5. The van der Waals surface area contributed by atoms with Crippen LogP contribution in [0.4, 0.5) is 4.39 Å². The van der Waals surface area contributed by atoms with Crippen LogP contribution in [0, 0.1) is 5.82 Å². The van der Waals surface area contributed by atoms with Crippen molar-refractivity contribution in [2.75, 3.05) is 0 Å². The van der Waals surface area contributed by atoms with Gasteiger partial charge in [0.2, 0.25) is 0 Å². The molecule has 1 rings (SSSR count). The summed E-state index contributed by atoms with van der Waals surface area (Å²) >= 11 is 0. The van der Waals surface area contributed by atoms with E-state index in [1.54, 1.807) is 13.8 Å². The molecule has 0 aliphatic rings. The molecule has 1 aromatic rings. The van der Waals surface area contributed by atoms with Gasteiger partial charge >= 0.3 is 5.97 Å². The SMILES string of the molecule is CC(C)OC(=O)c1c(O)cccc1F. The fourth-order valence-corrected chi connectivity index (χ4v) is 0.988. The fraction of sp³-hybridized carbons (Fsp3) is 0.300. The molecule has 0 aliphatic carbocycles. The van der Waals surface area contributed by atoms with E-state index in [9.17, 15) is 14.3 Å². The highest BCUT2D eigenvalue weighted by Crippen LogP contribution is 2.20. The number of ether oxygens (including phenoxy) is 1. The van der Waals surface area contributed by atoms with Gasteiger partial charge in [-0.05, 0) is 26.0 Å². The van der Waals surface area contributed by atoms with Gasteiger partial charge in [0.15, 0.2) is 0 Å². The topological polar surface area (TPSA) is 46.5 Å². The lowest BCUT2D eigenvalue weighted by Gasteiger charge is -2.09. The molecule has 0 aliphatic heterocycles. The molecule has 1 aromatic carbocycles. The van der Waals surface area contributed by atoms with Crippen LogP contribution in [0.15, 0.2) is 18.2 Å². The maximum atomic E-state index is 13.1. The van der Waals surface area contributed by atoms with E-state index >= 15 is 0 Å². The van der Waals surface area contributed by atoms with Crippen molar-refractivity contribution in [3.8, 4) is 5.75 Å². The van der Waals surface area contributed by atoms with Crippen molar-refractivity contribution in [3.63, 3.8) is 0 Å². The number of esters is 1. The van der Waals surface area contributed by atoms with Crippen LogP contribution in [-0.4, -0.2) is 17.2 Å². The van der Waals surface area contributed by atoms with Crippen molar-refractivity contribution in [3.05, 3.63) is 29.6 Å². The van der Waals surface area contributed by atoms with Gasteiger partial charge in [-0.25, -0.2) is 9.18 Å². The second-order valence-corrected chi connectivity index (χ2v) is 3.09. The van der Waals surface area contributed by atoms with Crippen molar-refractivity contribution in [2.45, 2.75) is 20.0 Å². The molecule has 0 saturated heterocycles. The van der Waals surface area contributed by atoms with E-state index in [4.69, 9.17) is 4.74 Å². The van der Waals surface area contributed by atoms with Crippen molar-refractivity contribution in [2.24, 2.45) is 0 Å². The summed E-state index contributed by atoms with van der Waals surface area (Å²) in [5.74, 6) is -2.04. The van der Waals surface area contributed by atoms with Crippen LogP contribution in [0.25, 0.3) is 0 Å². The summed E-state index contributed by atoms with van der Waals surface area (Å²) in [5.41, 5.74) is -0.416. The molecule has 14 heavy (non-hydrogen) atoms. The standard InChI is InChI=1S/C10H11FO3/c1-6(2)14-10(13)9-7(11)4-3-5-8(9)12/h3-6,12H,1-2H3. The van der Waals surface area contributed by atoms with E-state index in [1.807, 2.05) is 0 Å². The van der Waals surface area contributed by atoms with Crippen LogP contribution in [0.5, 0.6) is 5.75 Å². The van der Waals surface area contributed by atoms with Gasteiger partial charge in [-0.2, -0.15) is 0 Å². The average Bonchev–Trinajstić information content (AvgIpc) is 2.01. The Kier molecular flexibility index (Phi) is 3.06. The summed E-state index contributed by atoms with van der Waals surface area (Å²) in [6.07, 6.45) is -0.346. The Balaban J connectivity index is 3.00. The minimum absolute atomic E-state index is 0.346. The van der Waals surface area contributed by atoms with E-state index in [2.05, 4.69) is 0 Å². The number of carbonyl (C=O) groups excluding carboxylic acids is 1. The molecule has 0 spiro atoms. The van der Waals surface area contributed by atoms with E-state index in [1.165, 1.54) is 12.1 Å². The van der Waals surface area contributed by atoms with Gasteiger partial charge in [0.1, 0.15) is 17.1 Å². The van der Waals surface area contributed by atoms with E-state index in [0.717, 1.165) is 6.07 Å². The lowest BCUT2D eigenvalue weighted by atomic mass is 10.2. The molecule has 76 valence electrons. The van der Waals surface area contributed by atoms with E-state index in [-0.39, 0.29) is 6.10 Å². The predicted molar refractivity (Wildman–Crippen MR) is 48.6 cm³/mol. The number of phenols is 1. The van der Waals surface area contributed by atoms with Crippen LogP contribution in [-0.2, 0) is 4.74 Å². The molecule has 0 atom stereocenters. The third-order valence-electron chi connectivity index (χ3n) is 1.54. The molecular weight excluding hydrogens is 187 g/mol. The molecule has 0 amide bonds. The lowest BCUT2D eigenvalue weighted by Crippen LogP contribution is -2.13. The number of carbonyl (C=O) groups is 1. The van der Waals surface area contributed by atoms with Crippen LogP contribution in [0.1, 0.15) is 24.2 Å². The van der Waals surface area contributed by atoms with Gasteiger partial charge in [-0.1, -0.05) is 6.07 Å². The number of aromatic hydroxyl groups is 1. The van der Waals surface area contributed by atoms with Crippen LogP contribution in [0.2, 0.25) is 0 Å². The normalized spacial score (nSPS) is 10.3. The Morgan fingerprint density at radius 1 is 1.50 bits per heavy atom. The molecule has 0 bridgehead atoms. The third kappa shape index (κ3) is 2.22. The number of hydrogen-bond donors (Lipinski definition) is 1. The highest BCUT2D eigenvalue weighted by atomic mass is 19.1. The van der Waals surface area contributed by atoms with Gasteiger partial charge in [0.05, 0.1) is 6.10 Å². The second-order valence-electron chi connectivity index (χ2n) is 3.09. The van der Waals surface area contributed by atoms with Gasteiger partial charge in [0.25, 0.3) is 0 Å². The number of rotatable bonds is 2. The van der Waals surface area contributed by atoms with Crippen LogP contribution >= 0.6 is 0 Å². The Bertz CT molecular complexity index is 327. The zero-order chi connectivity index (χ0) is 10.7. The van der Waals surface area contributed by atoms with Crippen molar-refractivity contribution in [1.82, 2.24) is 0 Å². The molecule has 3 nitrogen and oxygen atoms in total. The maximum Gasteiger partial charge on any atom is 0.345 e. The third-order valence-corrected chi connectivity index (χ3v) is 1.54. The Labute approximate surface area is 81.1 Å². The Morgan fingerprint density at radius 2 is 2.14 bits per heavy atom. The van der Waals surface area contributed by atoms with Crippen molar-refractivity contribution >= 4 is 5.97 Å². The molecule has 0 saturated carbocycles. The average molecular weight is 198 g/mol. The van der Waals surface area contributed by atoms with Crippen molar-refractivity contribution < 1.29 is 19.0 Å². The fourth-order valence-electron chi connectivity index (χ4n) is 0.988. The number of hydrogen-bond acceptors (Lipinski definition) is 3. The highest BCUT2D eigenvalue weighted by molar-refractivity contribution is 5.92. The minimum atomic E-state index is -0.851. The van der Waals surface area contributed by atoms with Gasteiger partial charge in [-0.15, -0.1) is 0 Å². The highest BCUT2D eigenvalue weighted by Gasteiger charge is 2.18. The van der Waals surface area contributed by atoms with Crippen LogP contribution in [0.3, 0.4) is 0 Å². The molecule has 0 heterocycles. The summed E-state index contributed by atoms with van der Waals surface area (Å²) < 4.78 is 17.8. The monoisotopic (exact) mass is 198 g/mol. The van der Waals surface area contributed by atoms with Crippen LogP contribution < -0.4 is 0 Å². The first-order valence-electron chi connectivity index (χ1n) is 4.21. The number of benzene rings is 1.